The molecule has 0 saturated carbocycles. The lowest BCUT2D eigenvalue weighted by atomic mass is 10.1. The maximum absolute atomic E-state index is 11.6. The van der Waals surface area contributed by atoms with E-state index < -0.39 is 0 Å². The van der Waals surface area contributed by atoms with Crippen LogP contribution < -0.4 is 9.47 Å². The number of hydrogen-bond donors (Lipinski definition) is 0. The van der Waals surface area contributed by atoms with Gasteiger partial charge >= 0.3 is 5.97 Å². The van der Waals surface area contributed by atoms with E-state index in [0.717, 1.165) is 38.4 Å². The zero-order valence-corrected chi connectivity index (χ0v) is 16.1. The van der Waals surface area contributed by atoms with Crippen molar-refractivity contribution in [2.75, 3.05) is 14.2 Å². The number of aryl methyl sites for hydroxylation is 2. The number of ether oxygens (including phenoxy) is 3. The molecule has 0 saturated heterocycles. The number of aromatic nitrogens is 1. The van der Waals surface area contributed by atoms with Crippen molar-refractivity contribution in [1.82, 2.24) is 4.98 Å². The van der Waals surface area contributed by atoms with Crippen molar-refractivity contribution in [3.8, 4) is 11.5 Å². The number of methoxy groups -OCH3 is 2. The number of esters is 1. The molecule has 2 heterocycles. The predicted octanol–water partition coefficient (Wildman–Crippen LogP) is 4.22. The summed E-state index contributed by atoms with van der Waals surface area (Å²) < 4.78 is 17.3. The first kappa shape index (κ1) is 18.2. The highest BCUT2D eigenvalue weighted by atomic mass is 32.1. The van der Waals surface area contributed by atoms with E-state index in [2.05, 4.69) is 4.98 Å². The Balaban J connectivity index is 1.87. The van der Waals surface area contributed by atoms with Gasteiger partial charge in [-0.1, -0.05) is 6.07 Å². The molecule has 6 heteroatoms. The first-order valence-electron chi connectivity index (χ1n) is 8.22. The Hall–Kier alpha value is -2.60. The van der Waals surface area contributed by atoms with Crippen LogP contribution in [0.25, 0.3) is 10.1 Å². The summed E-state index contributed by atoms with van der Waals surface area (Å²) in [5.41, 5.74) is 3.91. The van der Waals surface area contributed by atoms with Crippen molar-refractivity contribution in [2.45, 2.75) is 26.9 Å². The second-order valence-electron chi connectivity index (χ2n) is 6.00. The molecule has 2 aromatic heterocycles. The molecule has 0 N–H and O–H groups in total. The molecule has 0 bridgehead atoms. The standard InChI is InChI=1S/C20H21NO4S/c1-12-5-6-14(13(2)21-12)10-25-16-8-17(23-3)20-15(7-19(22)24-4)11-26-18(20)9-16/h5-6,8-9,11H,7,10H2,1-4H3. The first-order valence-corrected chi connectivity index (χ1v) is 9.10. The summed E-state index contributed by atoms with van der Waals surface area (Å²) in [5, 5.41) is 2.89. The molecule has 0 atom stereocenters. The summed E-state index contributed by atoms with van der Waals surface area (Å²) in [7, 11) is 3.01. The third-order valence-corrected chi connectivity index (χ3v) is 5.18. The van der Waals surface area contributed by atoms with E-state index in [9.17, 15) is 4.79 Å². The number of carbonyl (C=O) groups is 1. The Morgan fingerprint density at radius 3 is 2.65 bits per heavy atom. The molecule has 26 heavy (non-hydrogen) atoms. The van der Waals surface area contributed by atoms with Gasteiger partial charge in [-0.2, -0.15) is 0 Å². The van der Waals surface area contributed by atoms with Gasteiger partial charge < -0.3 is 14.2 Å². The first-order chi connectivity index (χ1) is 12.5. The number of benzene rings is 1. The Bertz CT molecular complexity index is 948. The molecule has 0 fully saturated rings. The fourth-order valence-electron chi connectivity index (χ4n) is 2.80. The molecule has 1 aromatic carbocycles. The average Bonchev–Trinajstić information content (AvgIpc) is 3.03. The minimum Gasteiger partial charge on any atom is -0.496 e. The van der Waals surface area contributed by atoms with E-state index in [1.807, 2.05) is 43.5 Å². The van der Waals surface area contributed by atoms with Crippen molar-refractivity contribution < 1.29 is 19.0 Å². The van der Waals surface area contributed by atoms with E-state index in [0.29, 0.717) is 12.4 Å². The highest BCUT2D eigenvalue weighted by Gasteiger charge is 2.15. The molecular formula is C20H21NO4S. The molecule has 5 nitrogen and oxygen atoms in total. The van der Waals surface area contributed by atoms with Gasteiger partial charge in [-0.25, -0.2) is 0 Å². The van der Waals surface area contributed by atoms with Crippen LogP contribution in [-0.4, -0.2) is 25.2 Å². The second kappa shape index (κ2) is 7.74. The van der Waals surface area contributed by atoms with Crippen LogP contribution in [0.4, 0.5) is 0 Å². The maximum atomic E-state index is 11.6. The fraction of sp³-hybridized carbons (Fsp3) is 0.300. The molecular weight excluding hydrogens is 350 g/mol. The number of nitrogens with zero attached hydrogens (tertiary/aromatic N) is 1. The lowest BCUT2D eigenvalue weighted by Gasteiger charge is -2.11. The average molecular weight is 371 g/mol. The summed E-state index contributed by atoms with van der Waals surface area (Å²) in [6, 6.07) is 7.84. The zero-order chi connectivity index (χ0) is 18.7. The van der Waals surface area contributed by atoms with Gasteiger partial charge in [0.1, 0.15) is 18.1 Å². The molecule has 0 radical (unpaired) electrons. The van der Waals surface area contributed by atoms with E-state index in [4.69, 9.17) is 14.2 Å². The monoisotopic (exact) mass is 371 g/mol. The lowest BCUT2D eigenvalue weighted by molar-refractivity contribution is -0.139. The summed E-state index contributed by atoms with van der Waals surface area (Å²) in [5.74, 6) is 1.15. The van der Waals surface area contributed by atoms with Crippen LogP contribution in [0.15, 0.2) is 29.6 Å². The van der Waals surface area contributed by atoms with Gasteiger partial charge in [-0.3, -0.25) is 9.78 Å². The number of pyridine rings is 1. The molecule has 0 aliphatic rings. The molecule has 0 aliphatic carbocycles. The van der Waals surface area contributed by atoms with Gasteiger partial charge in [0.25, 0.3) is 0 Å². The van der Waals surface area contributed by atoms with Crippen LogP contribution in [0.1, 0.15) is 22.5 Å². The largest absolute Gasteiger partial charge is 0.496 e. The Morgan fingerprint density at radius 1 is 1.15 bits per heavy atom. The van der Waals surface area contributed by atoms with Crippen molar-refractivity contribution in [3.05, 3.63) is 52.2 Å². The third-order valence-electron chi connectivity index (χ3n) is 4.20. The van der Waals surface area contributed by atoms with Gasteiger partial charge in [0.05, 0.1) is 20.6 Å². The normalized spacial score (nSPS) is 10.8. The number of hydrogen-bond acceptors (Lipinski definition) is 6. The maximum Gasteiger partial charge on any atom is 0.310 e. The topological polar surface area (TPSA) is 57.7 Å². The fourth-order valence-corrected chi connectivity index (χ4v) is 3.80. The summed E-state index contributed by atoms with van der Waals surface area (Å²) in [6.07, 6.45) is 0.224. The Labute approximate surface area is 156 Å². The van der Waals surface area contributed by atoms with Crippen molar-refractivity contribution >= 4 is 27.4 Å². The van der Waals surface area contributed by atoms with E-state index in [-0.39, 0.29) is 12.4 Å². The minimum atomic E-state index is -0.269. The summed E-state index contributed by atoms with van der Waals surface area (Å²) >= 11 is 1.56. The summed E-state index contributed by atoms with van der Waals surface area (Å²) in [6.45, 7) is 4.39. The highest BCUT2D eigenvalue weighted by Crippen LogP contribution is 2.38. The van der Waals surface area contributed by atoms with Gasteiger partial charge in [0, 0.05) is 33.1 Å². The van der Waals surface area contributed by atoms with Crippen molar-refractivity contribution in [3.63, 3.8) is 0 Å². The quantitative estimate of drug-likeness (QED) is 0.607. The molecule has 0 aliphatic heterocycles. The number of carbonyl (C=O) groups excluding carboxylic acids is 1. The number of rotatable bonds is 6. The summed E-state index contributed by atoms with van der Waals surface area (Å²) in [4.78, 5) is 16.1. The molecule has 136 valence electrons. The van der Waals surface area contributed by atoms with Crippen LogP contribution in [0, 0.1) is 13.8 Å². The number of fused-ring (bicyclic) bond motifs is 1. The lowest BCUT2D eigenvalue weighted by Crippen LogP contribution is -2.04. The molecule has 0 spiro atoms. The predicted molar refractivity (Wildman–Crippen MR) is 102 cm³/mol. The van der Waals surface area contributed by atoms with E-state index in [1.54, 1.807) is 18.4 Å². The van der Waals surface area contributed by atoms with Crippen LogP contribution in [0.3, 0.4) is 0 Å². The SMILES string of the molecule is COC(=O)Cc1csc2cc(OCc3ccc(C)nc3C)cc(OC)c12. The third kappa shape index (κ3) is 3.80. The van der Waals surface area contributed by atoms with Gasteiger partial charge in [-0.05, 0) is 36.9 Å². The van der Waals surface area contributed by atoms with Crippen LogP contribution in [0.5, 0.6) is 11.5 Å². The molecule has 0 unspecified atom stereocenters. The van der Waals surface area contributed by atoms with Crippen molar-refractivity contribution in [2.24, 2.45) is 0 Å². The smallest absolute Gasteiger partial charge is 0.310 e. The Morgan fingerprint density at radius 2 is 1.96 bits per heavy atom. The Kier molecular flexibility index (Phi) is 5.42. The van der Waals surface area contributed by atoms with E-state index in [1.165, 1.54) is 7.11 Å². The van der Waals surface area contributed by atoms with Crippen LogP contribution >= 0.6 is 11.3 Å². The van der Waals surface area contributed by atoms with Crippen molar-refractivity contribution in [1.29, 1.82) is 0 Å². The molecule has 3 rings (SSSR count). The number of thiophene rings is 1. The van der Waals surface area contributed by atoms with Gasteiger partial charge in [0.2, 0.25) is 0 Å². The minimum absolute atomic E-state index is 0.224. The van der Waals surface area contributed by atoms with Gasteiger partial charge in [0.15, 0.2) is 0 Å². The van der Waals surface area contributed by atoms with Crippen LogP contribution in [0.2, 0.25) is 0 Å². The van der Waals surface area contributed by atoms with E-state index >= 15 is 0 Å². The van der Waals surface area contributed by atoms with Crippen LogP contribution in [-0.2, 0) is 22.6 Å². The molecule has 3 aromatic rings. The second-order valence-corrected chi connectivity index (χ2v) is 6.91. The zero-order valence-electron chi connectivity index (χ0n) is 15.3. The van der Waals surface area contributed by atoms with Gasteiger partial charge in [-0.15, -0.1) is 11.3 Å². The highest BCUT2D eigenvalue weighted by molar-refractivity contribution is 7.17. The molecule has 0 amide bonds.